The van der Waals surface area contributed by atoms with Crippen LogP contribution >= 0.6 is 0 Å². The first kappa shape index (κ1) is 17.1. The Kier molecular flexibility index (Phi) is 4.28. The third-order valence-corrected chi connectivity index (χ3v) is 4.96. The molecule has 2 aromatic carbocycles. The van der Waals surface area contributed by atoms with E-state index in [0.29, 0.717) is 11.6 Å². The molecule has 0 saturated heterocycles. The summed E-state index contributed by atoms with van der Waals surface area (Å²) in [4.78, 5) is 12.6. The number of aryl methyl sites for hydroxylation is 1. The minimum atomic E-state index is 0.0147. The molecular formula is C22H22N4O. The van der Waals surface area contributed by atoms with Crippen LogP contribution in [0.1, 0.15) is 29.8 Å². The van der Waals surface area contributed by atoms with Crippen molar-refractivity contribution in [3.05, 3.63) is 71.7 Å². The first-order chi connectivity index (χ1) is 13.1. The number of aromatic nitrogens is 3. The summed E-state index contributed by atoms with van der Waals surface area (Å²) in [5, 5.41) is 1.14. The Balaban J connectivity index is 1.94. The fraction of sp³-hybridized carbons (Fsp3) is 0.182. The van der Waals surface area contributed by atoms with Gasteiger partial charge < -0.3 is 15.5 Å². The van der Waals surface area contributed by atoms with E-state index in [-0.39, 0.29) is 5.92 Å². The van der Waals surface area contributed by atoms with Crippen LogP contribution in [0, 0.1) is 6.92 Å². The molecule has 0 spiro atoms. The normalized spacial score (nSPS) is 12.3. The molecule has 0 aliphatic heterocycles. The molecule has 0 fully saturated rings. The molecule has 136 valence electrons. The van der Waals surface area contributed by atoms with Gasteiger partial charge >= 0.3 is 0 Å². The Morgan fingerprint density at radius 1 is 1.07 bits per heavy atom. The number of nitrogens with one attached hydrogen (secondary N) is 1. The molecular weight excluding hydrogens is 336 g/mol. The largest absolute Gasteiger partial charge is 0.497 e. The van der Waals surface area contributed by atoms with E-state index in [9.17, 15) is 0 Å². The van der Waals surface area contributed by atoms with Crippen molar-refractivity contribution in [3.8, 4) is 17.0 Å². The summed E-state index contributed by atoms with van der Waals surface area (Å²) in [7, 11) is 1.67. The summed E-state index contributed by atoms with van der Waals surface area (Å²) in [6, 6.07) is 16.3. The van der Waals surface area contributed by atoms with Gasteiger partial charge in [-0.2, -0.15) is 0 Å². The van der Waals surface area contributed by atoms with E-state index >= 15 is 0 Å². The van der Waals surface area contributed by atoms with Gasteiger partial charge in [-0.25, -0.2) is 9.97 Å². The van der Waals surface area contributed by atoms with Gasteiger partial charge in [0.25, 0.3) is 0 Å². The number of nitrogen functional groups attached to an aromatic ring is 1. The highest BCUT2D eigenvalue weighted by Crippen LogP contribution is 2.38. The number of aromatic amines is 1. The molecule has 0 aliphatic rings. The molecule has 0 bridgehead atoms. The van der Waals surface area contributed by atoms with Crippen LogP contribution in [0.3, 0.4) is 0 Å². The van der Waals surface area contributed by atoms with E-state index in [4.69, 9.17) is 15.5 Å². The summed E-state index contributed by atoms with van der Waals surface area (Å²) in [6.07, 6.45) is 1.94. The van der Waals surface area contributed by atoms with Gasteiger partial charge in [0.1, 0.15) is 17.4 Å². The van der Waals surface area contributed by atoms with Crippen LogP contribution in [0.25, 0.3) is 22.2 Å². The zero-order valence-corrected chi connectivity index (χ0v) is 15.7. The zero-order valence-electron chi connectivity index (χ0n) is 15.7. The van der Waals surface area contributed by atoms with Crippen molar-refractivity contribution in [2.75, 3.05) is 12.8 Å². The molecule has 27 heavy (non-hydrogen) atoms. The van der Waals surface area contributed by atoms with Crippen LogP contribution in [-0.2, 0) is 0 Å². The fourth-order valence-corrected chi connectivity index (χ4v) is 3.59. The molecule has 0 amide bonds. The zero-order chi connectivity index (χ0) is 19.0. The van der Waals surface area contributed by atoms with Gasteiger partial charge in [-0.05, 0) is 30.7 Å². The second kappa shape index (κ2) is 6.76. The Labute approximate surface area is 158 Å². The first-order valence-electron chi connectivity index (χ1n) is 8.93. The summed E-state index contributed by atoms with van der Waals surface area (Å²) in [6.45, 7) is 3.99. The maximum Gasteiger partial charge on any atom is 0.131 e. The minimum Gasteiger partial charge on any atom is -0.497 e. The lowest BCUT2D eigenvalue weighted by Crippen LogP contribution is -2.09. The summed E-state index contributed by atoms with van der Waals surface area (Å²) >= 11 is 0. The number of hydrogen-bond donors (Lipinski definition) is 2. The molecule has 4 rings (SSSR count). The van der Waals surface area contributed by atoms with Gasteiger partial charge in [0.2, 0.25) is 0 Å². The topological polar surface area (TPSA) is 76.8 Å². The number of rotatable bonds is 4. The summed E-state index contributed by atoms with van der Waals surface area (Å²) < 4.78 is 5.38. The number of fused-ring (bicyclic) bond motifs is 1. The third kappa shape index (κ3) is 3.01. The van der Waals surface area contributed by atoms with E-state index < -0.39 is 0 Å². The van der Waals surface area contributed by atoms with Crippen molar-refractivity contribution < 1.29 is 4.74 Å². The quantitative estimate of drug-likeness (QED) is 0.555. The molecule has 0 radical (unpaired) electrons. The number of anilines is 1. The highest BCUT2D eigenvalue weighted by molar-refractivity contribution is 5.94. The van der Waals surface area contributed by atoms with E-state index in [1.165, 1.54) is 0 Å². The molecule has 0 unspecified atom stereocenters. The van der Waals surface area contributed by atoms with E-state index in [1.54, 1.807) is 7.11 Å². The van der Waals surface area contributed by atoms with Crippen molar-refractivity contribution in [2.24, 2.45) is 0 Å². The fourth-order valence-electron chi connectivity index (χ4n) is 3.59. The average Bonchev–Trinajstić information content (AvgIpc) is 3.16. The van der Waals surface area contributed by atoms with Crippen LogP contribution in [0.2, 0.25) is 0 Å². The van der Waals surface area contributed by atoms with Gasteiger partial charge in [-0.1, -0.05) is 37.3 Å². The van der Waals surface area contributed by atoms with Gasteiger partial charge in [-0.3, -0.25) is 0 Å². The molecule has 5 nitrogen and oxygen atoms in total. The molecule has 2 heterocycles. The number of para-hydroxylation sites is 1. The molecule has 1 atom stereocenters. The second-order valence-corrected chi connectivity index (χ2v) is 6.66. The molecule has 3 N–H and O–H groups in total. The number of ether oxygens (including phenoxy) is 1. The smallest absolute Gasteiger partial charge is 0.131 e. The van der Waals surface area contributed by atoms with Crippen molar-refractivity contribution >= 4 is 16.7 Å². The summed E-state index contributed by atoms with van der Waals surface area (Å²) in [5.41, 5.74) is 11.4. The number of H-pyrrole nitrogens is 1. The van der Waals surface area contributed by atoms with E-state index in [1.807, 2.05) is 37.4 Å². The number of benzene rings is 2. The van der Waals surface area contributed by atoms with Crippen LogP contribution in [-0.4, -0.2) is 22.1 Å². The maximum absolute atomic E-state index is 6.40. The van der Waals surface area contributed by atoms with Crippen LogP contribution in [0.4, 0.5) is 5.82 Å². The average molecular weight is 358 g/mol. The predicted octanol–water partition coefficient (Wildman–Crippen LogP) is 4.68. The minimum absolute atomic E-state index is 0.0147. The lowest BCUT2D eigenvalue weighted by atomic mass is 9.89. The Hall–Kier alpha value is -3.34. The van der Waals surface area contributed by atoms with E-state index in [2.05, 4.69) is 41.2 Å². The van der Waals surface area contributed by atoms with Crippen LogP contribution in [0.5, 0.6) is 5.75 Å². The van der Waals surface area contributed by atoms with Crippen molar-refractivity contribution in [3.63, 3.8) is 0 Å². The monoisotopic (exact) mass is 358 g/mol. The maximum atomic E-state index is 6.40. The lowest BCUT2D eigenvalue weighted by molar-refractivity contribution is 0.414. The highest BCUT2D eigenvalue weighted by Gasteiger charge is 2.22. The SMILES string of the molecule is COc1cccc([C@H](C)c2c(N)nc(C)nc2-c2cccc3cc[nH]c23)c1. The van der Waals surface area contributed by atoms with Gasteiger partial charge in [0.05, 0.1) is 18.3 Å². The van der Waals surface area contributed by atoms with Gasteiger partial charge in [0, 0.05) is 28.6 Å². The molecule has 5 heteroatoms. The third-order valence-electron chi connectivity index (χ3n) is 4.96. The standard InChI is InChI=1S/C22H22N4O/c1-13(16-7-4-8-17(12-16)27-3)19-21(25-14(2)26-22(19)23)18-9-5-6-15-10-11-24-20(15)18/h4-13,24H,1-3H3,(H2,23,25,26)/t13-/m0/s1. The lowest BCUT2D eigenvalue weighted by Gasteiger charge is -2.19. The first-order valence-corrected chi connectivity index (χ1v) is 8.93. The number of hydrogen-bond acceptors (Lipinski definition) is 4. The van der Waals surface area contributed by atoms with Crippen molar-refractivity contribution in [1.29, 1.82) is 0 Å². The summed E-state index contributed by atoms with van der Waals surface area (Å²) in [5.74, 6) is 2.00. The van der Waals surface area contributed by atoms with Gasteiger partial charge in [0.15, 0.2) is 0 Å². The van der Waals surface area contributed by atoms with Crippen LogP contribution < -0.4 is 10.5 Å². The molecule has 0 saturated carbocycles. The Bertz CT molecular complexity index is 1120. The highest BCUT2D eigenvalue weighted by atomic mass is 16.5. The van der Waals surface area contributed by atoms with Crippen LogP contribution in [0.15, 0.2) is 54.7 Å². The number of methoxy groups -OCH3 is 1. The molecule has 0 aliphatic carbocycles. The number of nitrogens with zero attached hydrogens (tertiary/aromatic N) is 2. The second-order valence-electron chi connectivity index (χ2n) is 6.66. The van der Waals surface area contributed by atoms with Gasteiger partial charge in [-0.15, -0.1) is 0 Å². The van der Waals surface area contributed by atoms with E-state index in [0.717, 1.165) is 39.0 Å². The van der Waals surface area contributed by atoms with Crippen molar-refractivity contribution in [1.82, 2.24) is 15.0 Å². The van der Waals surface area contributed by atoms with Crippen molar-refractivity contribution in [2.45, 2.75) is 19.8 Å². The predicted molar refractivity (Wildman–Crippen MR) is 109 cm³/mol. The molecule has 2 aromatic heterocycles. The number of nitrogens with two attached hydrogens (primary N) is 1. The Morgan fingerprint density at radius 2 is 1.89 bits per heavy atom. The Morgan fingerprint density at radius 3 is 2.70 bits per heavy atom. The molecule has 4 aromatic rings.